The van der Waals surface area contributed by atoms with Crippen LogP contribution in [-0.2, 0) is 0 Å². The number of nitrogens with one attached hydrogen (secondary N) is 1. The molecule has 3 rings (SSSR count). The zero-order valence-corrected chi connectivity index (χ0v) is 17.4. The monoisotopic (exact) mass is 419 g/mol. The van der Waals surface area contributed by atoms with Crippen LogP contribution < -0.4 is 14.8 Å². The molecule has 1 heterocycles. The number of aromatic nitrogens is 2. The van der Waals surface area contributed by atoms with E-state index < -0.39 is 0 Å². The fourth-order valence-corrected chi connectivity index (χ4v) is 3.14. The van der Waals surface area contributed by atoms with Gasteiger partial charge in [-0.15, -0.1) is 0 Å². The molecule has 0 saturated heterocycles. The van der Waals surface area contributed by atoms with Crippen molar-refractivity contribution in [1.29, 1.82) is 0 Å². The molecule has 2 aromatic carbocycles. The summed E-state index contributed by atoms with van der Waals surface area (Å²) in [5.74, 6) is 0.616. The van der Waals surface area contributed by atoms with Gasteiger partial charge in [0.05, 0.1) is 47.0 Å². The van der Waals surface area contributed by atoms with E-state index in [1.165, 1.54) is 14.2 Å². The Morgan fingerprint density at radius 2 is 1.68 bits per heavy atom. The molecule has 0 saturated carbocycles. The van der Waals surface area contributed by atoms with Crippen molar-refractivity contribution in [3.05, 3.63) is 63.4 Å². The number of halogens is 2. The lowest BCUT2D eigenvalue weighted by atomic mass is 10.2. The number of methoxy groups -OCH3 is 2. The number of benzene rings is 2. The van der Waals surface area contributed by atoms with Crippen molar-refractivity contribution in [2.24, 2.45) is 0 Å². The third kappa shape index (κ3) is 3.79. The summed E-state index contributed by atoms with van der Waals surface area (Å²) in [5, 5.41) is 8.22. The third-order valence-electron chi connectivity index (χ3n) is 4.30. The van der Waals surface area contributed by atoms with Gasteiger partial charge in [-0.3, -0.25) is 4.79 Å². The number of carbonyl (C=O) groups is 1. The van der Waals surface area contributed by atoms with E-state index in [-0.39, 0.29) is 5.91 Å². The van der Waals surface area contributed by atoms with E-state index >= 15 is 0 Å². The number of ether oxygens (including phenoxy) is 2. The van der Waals surface area contributed by atoms with Crippen LogP contribution in [0.4, 0.5) is 5.69 Å². The van der Waals surface area contributed by atoms with Crippen LogP contribution in [0.1, 0.15) is 21.7 Å². The van der Waals surface area contributed by atoms with Gasteiger partial charge in [0.15, 0.2) is 0 Å². The van der Waals surface area contributed by atoms with Crippen LogP contribution in [0.15, 0.2) is 36.4 Å². The van der Waals surface area contributed by atoms with Crippen LogP contribution in [-0.4, -0.2) is 29.9 Å². The van der Waals surface area contributed by atoms with Gasteiger partial charge in [0.25, 0.3) is 5.91 Å². The predicted molar refractivity (Wildman–Crippen MR) is 111 cm³/mol. The minimum Gasteiger partial charge on any atom is -0.495 e. The first-order chi connectivity index (χ1) is 13.3. The molecule has 0 unspecified atom stereocenters. The summed E-state index contributed by atoms with van der Waals surface area (Å²) in [6.07, 6.45) is 0. The quantitative estimate of drug-likeness (QED) is 0.626. The molecule has 0 atom stereocenters. The summed E-state index contributed by atoms with van der Waals surface area (Å²) in [4.78, 5) is 12.6. The molecule has 0 spiro atoms. The molecule has 146 valence electrons. The first-order valence-corrected chi connectivity index (χ1v) is 9.16. The number of anilines is 1. The Kier molecular flexibility index (Phi) is 5.82. The molecule has 0 radical (unpaired) electrons. The van der Waals surface area contributed by atoms with Crippen LogP contribution >= 0.6 is 23.2 Å². The maximum Gasteiger partial charge on any atom is 0.255 e. The van der Waals surface area contributed by atoms with Gasteiger partial charge in [-0.2, -0.15) is 5.10 Å². The number of hydrogen-bond donors (Lipinski definition) is 1. The SMILES string of the molecule is COc1cc(OC)c(NC(=O)c2ccc(-n3nc(C)c(Cl)c3C)cc2)cc1Cl. The normalized spacial score (nSPS) is 10.6. The van der Waals surface area contributed by atoms with Gasteiger partial charge in [-0.05, 0) is 44.2 Å². The van der Waals surface area contributed by atoms with E-state index in [2.05, 4.69) is 10.4 Å². The highest BCUT2D eigenvalue weighted by Gasteiger charge is 2.15. The van der Waals surface area contributed by atoms with Gasteiger partial charge in [0, 0.05) is 11.6 Å². The number of amides is 1. The predicted octanol–water partition coefficient (Wildman–Crippen LogP) is 5.07. The van der Waals surface area contributed by atoms with Gasteiger partial charge >= 0.3 is 0 Å². The molecular weight excluding hydrogens is 401 g/mol. The smallest absolute Gasteiger partial charge is 0.255 e. The fraction of sp³-hybridized carbons (Fsp3) is 0.200. The van der Waals surface area contributed by atoms with Crippen LogP contribution in [0.3, 0.4) is 0 Å². The molecular formula is C20H19Cl2N3O3. The lowest BCUT2D eigenvalue weighted by Gasteiger charge is -2.13. The lowest BCUT2D eigenvalue weighted by molar-refractivity contribution is 0.102. The van der Waals surface area contributed by atoms with Crippen molar-refractivity contribution < 1.29 is 14.3 Å². The Bertz CT molecular complexity index is 1030. The third-order valence-corrected chi connectivity index (χ3v) is 5.14. The van der Waals surface area contributed by atoms with Gasteiger partial charge in [-0.25, -0.2) is 4.68 Å². The molecule has 6 nitrogen and oxygen atoms in total. The minimum absolute atomic E-state index is 0.294. The standard InChI is InChI=1S/C20H19Cl2N3O3/c1-11-19(22)12(2)25(24-11)14-7-5-13(6-8-14)20(26)23-16-9-15(21)17(27-3)10-18(16)28-4/h5-10H,1-4H3,(H,23,26). The maximum atomic E-state index is 12.6. The Morgan fingerprint density at radius 1 is 1.04 bits per heavy atom. The van der Waals surface area contributed by atoms with E-state index in [9.17, 15) is 4.79 Å². The van der Waals surface area contributed by atoms with Gasteiger partial charge in [0.2, 0.25) is 0 Å². The summed E-state index contributed by atoms with van der Waals surface area (Å²) in [7, 11) is 3.02. The molecule has 1 N–H and O–H groups in total. The molecule has 1 aromatic heterocycles. The molecule has 8 heteroatoms. The number of aryl methyl sites for hydroxylation is 1. The van der Waals surface area contributed by atoms with Gasteiger partial charge in [0.1, 0.15) is 11.5 Å². The maximum absolute atomic E-state index is 12.6. The van der Waals surface area contributed by atoms with Gasteiger partial charge in [-0.1, -0.05) is 23.2 Å². The topological polar surface area (TPSA) is 65.4 Å². The number of carbonyl (C=O) groups excluding carboxylic acids is 1. The molecule has 1 amide bonds. The van der Waals surface area contributed by atoms with Crippen molar-refractivity contribution in [1.82, 2.24) is 9.78 Å². The molecule has 0 aliphatic carbocycles. The fourth-order valence-electron chi connectivity index (χ4n) is 2.78. The van der Waals surface area contributed by atoms with Crippen LogP contribution in [0, 0.1) is 13.8 Å². The largest absolute Gasteiger partial charge is 0.495 e. The zero-order valence-electron chi connectivity index (χ0n) is 15.8. The average molecular weight is 420 g/mol. The van der Waals surface area contributed by atoms with E-state index in [4.69, 9.17) is 32.7 Å². The van der Waals surface area contributed by atoms with E-state index in [0.717, 1.165) is 17.1 Å². The number of hydrogen-bond acceptors (Lipinski definition) is 4. The lowest BCUT2D eigenvalue weighted by Crippen LogP contribution is -2.13. The van der Waals surface area contributed by atoms with Crippen molar-refractivity contribution in [3.63, 3.8) is 0 Å². The molecule has 0 aliphatic heterocycles. The highest BCUT2D eigenvalue weighted by Crippen LogP contribution is 2.36. The Balaban J connectivity index is 1.84. The summed E-state index contributed by atoms with van der Waals surface area (Å²) < 4.78 is 12.2. The minimum atomic E-state index is -0.294. The number of rotatable bonds is 5. The van der Waals surface area contributed by atoms with Crippen LogP contribution in [0.5, 0.6) is 11.5 Å². The first-order valence-electron chi connectivity index (χ1n) is 8.40. The first kappa shape index (κ1) is 20.0. The van der Waals surface area contributed by atoms with E-state index in [1.807, 2.05) is 26.0 Å². The van der Waals surface area contributed by atoms with Crippen LogP contribution in [0.2, 0.25) is 10.0 Å². The van der Waals surface area contributed by atoms with Crippen molar-refractivity contribution in [2.75, 3.05) is 19.5 Å². The molecule has 0 fully saturated rings. The van der Waals surface area contributed by atoms with Crippen LogP contribution in [0.25, 0.3) is 5.69 Å². The van der Waals surface area contributed by atoms with Crippen molar-refractivity contribution in [2.45, 2.75) is 13.8 Å². The van der Waals surface area contributed by atoms with E-state index in [0.29, 0.717) is 32.8 Å². The summed E-state index contributed by atoms with van der Waals surface area (Å²) in [5.41, 5.74) is 3.34. The van der Waals surface area contributed by atoms with Gasteiger partial charge < -0.3 is 14.8 Å². The second kappa shape index (κ2) is 8.12. The molecule has 28 heavy (non-hydrogen) atoms. The Labute approximate surface area is 173 Å². The highest BCUT2D eigenvalue weighted by molar-refractivity contribution is 6.32. The molecule has 0 aliphatic rings. The second-order valence-corrected chi connectivity index (χ2v) is 6.87. The van der Waals surface area contributed by atoms with E-state index in [1.54, 1.807) is 28.9 Å². The van der Waals surface area contributed by atoms with Crippen molar-refractivity contribution in [3.8, 4) is 17.2 Å². The van der Waals surface area contributed by atoms with Crippen molar-refractivity contribution >= 4 is 34.8 Å². The average Bonchev–Trinajstić information content (AvgIpc) is 2.95. The summed E-state index contributed by atoms with van der Waals surface area (Å²) in [6, 6.07) is 10.3. The zero-order chi connectivity index (χ0) is 20.4. The number of nitrogens with zero attached hydrogens (tertiary/aromatic N) is 2. The Hall–Kier alpha value is -2.70. The Morgan fingerprint density at radius 3 is 2.21 bits per heavy atom. The molecule has 0 bridgehead atoms. The molecule has 3 aromatic rings. The summed E-state index contributed by atoms with van der Waals surface area (Å²) >= 11 is 12.4. The summed E-state index contributed by atoms with van der Waals surface area (Å²) in [6.45, 7) is 3.74. The second-order valence-electron chi connectivity index (χ2n) is 6.08. The highest BCUT2D eigenvalue weighted by atomic mass is 35.5.